The molecule has 0 fully saturated rings. The second kappa shape index (κ2) is 8.13. The molecule has 19 heavy (non-hydrogen) atoms. The molecule has 0 heterocycles. The molecule has 0 saturated heterocycles. The Hall–Kier alpha value is -2.04. The minimum Gasteiger partial charge on any atom is -0.497 e. The van der Waals surface area contributed by atoms with E-state index in [9.17, 15) is 9.59 Å². The third-order valence-electron chi connectivity index (χ3n) is 2.59. The van der Waals surface area contributed by atoms with Crippen LogP contribution in [0, 0.1) is 0 Å². The molecular formula is C14H20N2O3. The standard InChI is InChI=1S/C14H20N2O3/c1-3-4-8-15-13(17)10-16-14(18)11-6-5-7-12(9-11)19-2/h5-7,9H,3-4,8,10H2,1-2H3,(H,15,17)(H,16,18). The van der Waals surface area contributed by atoms with Gasteiger partial charge < -0.3 is 15.4 Å². The minimum absolute atomic E-state index is 0.0141. The Kier molecular flexibility index (Phi) is 6.43. The van der Waals surface area contributed by atoms with Gasteiger partial charge in [0.15, 0.2) is 0 Å². The van der Waals surface area contributed by atoms with E-state index in [0.29, 0.717) is 17.9 Å². The van der Waals surface area contributed by atoms with Gasteiger partial charge >= 0.3 is 0 Å². The molecule has 1 aromatic rings. The second-order valence-corrected chi connectivity index (χ2v) is 4.12. The fraction of sp³-hybridized carbons (Fsp3) is 0.429. The van der Waals surface area contributed by atoms with E-state index in [0.717, 1.165) is 12.8 Å². The number of amides is 2. The van der Waals surface area contributed by atoms with E-state index in [1.807, 2.05) is 0 Å². The van der Waals surface area contributed by atoms with Crippen molar-refractivity contribution < 1.29 is 14.3 Å². The molecule has 0 spiro atoms. The van der Waals surface area contributed by atoms with E-state index < -0.39 is 0 Å². The molecule has 0 bridgehead atoms. The highest BCUT2D eigenvalue weighted by Gasteiger charge is 2.08. The summed E-state index contributed by atoms with van der Waals surface area (Å²) in [6.07, 6.45) is 1.96. The quantitative estimate of drug-likeness (QED) is 0.730. The number of hydrogen-bond donors (Lipinski definition) is 2. The van der Waals surface area contributed by atoms with Gasteiger partial charge in [-0.1, -0.05) is 19.4 Å². The Morgan fingerprint density at radius 1 is 1.26 bits per heavy atom. The first-order valence-electron chi connectivity index (χ1n) is 6.36. The average molecular weight is 264 g/mol. The van der Waals surface area contributed by atoms with E-state index in [1.54, 1.807) is 24.3 Å². The average Bonchev–Trinajstić information content (AvgIpc) is 2.45. The number of methoxy groups -OCH3 is 1. The van der Waals surface area contributed by atoms with Crippen molar-refractivity contribution in [2.75, 3.05) is 20.2 Å². The van der Waals surface area contributed by atoms with Crippen LogP contribution in [0.5, 0.6) is 5.75 Å². The number of carbonyl (C=O) groups is 2. The molecule has 2 N–H and O–H groups in total. The molecule has 0 unspecified atom stereocenters. The van der Waals surface area contributed by atoms with E-state index >= 15 is 0 Å². The lowest BCUT2D eigenvalue weighted by Gasteiger charge is -2.07. The van der Waals surface area contributed by atoms with Crippen LogP contribution in [-0.4, -0.2) is 32.0 Å². The zero-order chi connectivity index (χ0) is 14.1. The third-order valence-corrected chi connectivity index (χ3v) is 2.59. The Bertz CT molecular complexity index is 432. The van der Waals surface area contributed by atoms with Crippen LogP contribution in [-0.2, 0) is 4.79 Å². The Morgan fingerprint density at radius 2 is 2.05 bits per heavy atom. The summed E-state index contributed by atoms with van der Waals surface area (Å²) in [6.45, 7) is 2.68. The predicted molar refractivity (Wildman–Crippen MR) is 73.2 cm³/mol. The van der Waals surface area contributed by atoms with Crippen molar-refractivity contribution in [3.05, 3.63) is 29.8 Å². The summed E-state index contributed by atoms with van der Waals surface area (Å²) in [5.74, 6) is 0.147. The number of rotatable bonds is 7. The van der Waals surface area contributed by atoms with Gasteiger partial charge in [0.2, 0.25) is 5.91 Å². The van der Waals surface area contributed by atoms with E-state index in [2.05, 4.69) is 17.6 Å². The zero-order valence-corrected chi connectivity index (χ0v) is 11.4. The van der Waals surface area contributed by atoms with Crippen LogP contribution >= 0.6 is 0 Å². The maximum Gasteiger partial charge on any atom is 0.251 e. The van der Waals surface area contributed by atoms with Gasteiger partial charge in [-0.05, 0) is 24.6 Å². The lowest BCUT2D eigenvalue weighted by atomic mass is 10.2. The fourth-order valence-corrected chi connectivity index (χ4v) is 1.49. The Morgan fingerprint density at radius 3 is 2.74 bits per heavy atom. The Balaban J connectivity index is 2.40. The highest BCUT2D eigenvalue weighted by atomic mass is 16.5. The molecule has 0 radical (unpaired) electrons. The van der Waals surface area contributed by atoms with E-state index in [-0.39, 0.29) is 18.4 Å². The van der Waals surface area contributed by atoms with Crippen molar-refractivity contribution >= 4 is 11.8 Å². The number of benzene rings is 1. The number of nitrogens with one attached hydrogen (secondary N) is 2. The topological polar surface area (TPSA) is 67.4 Å². The SMILES string of the molecule is CCCCNC(=O)CNC(=O)c1cccc(OC)c1. The molecule has 0 aliphatic rings. The van der Waals surface area contributed by atoms with Crippen LogP contribution in [0.4, 0.5) is 0 Å². The van der Waals surface area contributed by atoms with Crippen LogP contribution < -0.4 is 15.4 Å². The van der Waals surface area contributed by atoms with Gasteiger partial charge in [-0.2, -0.15) is 0 Å². The molecule has 0 aliphatic heterocycles. The maximum absolute atomic E-state index is 11.8. The first-order valence-corrected chi connectivity index (χ1v) is 6.36. The van der Waals surface area contributed by atoms with Gasteiger partial charge in [-0.15, -0.1) is 0 Å². The molecule has 0 saturated carbocycles. The number of ether oxygens (including phenoxy) is 1. The smallest absolute Gasteiger partial charge is 0.251 e. The molecule has 2 amide bonds. The summed E-state index contributed by atoms with van der Waals surface area (Å²) in [6, 6.07) is 6.79. The summed E-state index contributed by atoms with van der Waals surface area (Å²) in [5, 5.41) is 5.31. The van der Waals surface area contributed by atoms with Crippen LogP contribution in [0.2, 0.25) is 0 Å². The fourth-order valence-electron chi connectivity index (χ4n) is 1.49. The molecule has 5 heteroatoms. The first kappa shape index (κ1) is 15.0. The molecule has 0 atom stereocenters. The second-order valence-electron chi connectivity index (χ2n) is 4.12. The highest BCUT2D eigenvalue weighted by Crippen LogP contribution is 2.12. The molecule has 1 rings (SSSR count). The largest absolute Gasteiger partial charge is 0.497 e. The maximum atomic E-state index is 11.8. The number of carbonyl (C=O) groups excluding carboxylic acids is 2. The van der Waals surface area contributed by atoms with Gasteiger partial charge in [0.25, 0.3) is 5.91 Å². The van der Waals surface area contributed by atoms with Gasteiger partial charge in [-0.3, -0.25) is 9.59 Å². The molecule has 0 aromatic heterocycles. The van der Waals surface area contributed by atoms with Crippen molar-refractivity contribution in [3.8, 4) is 5.75 Å². The normalized spacial score (nSPS) is 9.79. The summed E-state index contributed by atoms with van der Waals surface area (Å²) < 4.78 is 5.04. The van der Waals surface area contributed by atoms with Crippen molar-refractivity contribution in [1.29, 1.82) is 0 Å². The minimum atomic E-state index is -0.287. The number of hydrogen-bond acceptors (Lipinski definition) is 3. The van der Waals surface area contributed by atoms with Gasteiger partial charge in [0, 0.05) is 12.1 Å². The number of unbranched alkanes of at least 4 members (excludes halogenated alkanes) is 1. The molecule has 0 aliphatic carbocycles. The summed E-state index contributed by atoms with van der Waals surface area (Å²) in [7, 11) is 1.54. The lowest BCUT2D eigenvalue weighted by Crippen LogP contribution is -2.37. The van der Waals surface area contributed by atoms with Crippen molar-refractivity contribution in [1.82, 2.24) is 10.6 Å². The van der Waals surface area contributed by atoms with Crippen molar-refractivity contribution in [2.24, 2.45) is 0 Å². The molecule has 1 aromatic carbocycles. The predicted octanol–water partition coefficient (Wildman–Crippen LogP) is 1.34. The first-order chi connectivity index (χ1) is 9.17. The van der Waals surface area contributed by atoms with Crippen LogP contribution in [0.3, 0.4) is 0 Å². The van der Waals surface area contributed by atoms with Gasteiger partial charge in [-0.25, -0.2) is 0 Å². The van der Waals surface area contributed by atoms with Crippen LogP contribution in [0.1, 0.15) is 30.1 Å². The van der Waals surface area contributed by atoms with Gasteiger partial charge in [0.1, 0.15) is 5.75 Å². The van der Waals surface area contributed by atoms with Gasteiger partial charge in [0.05, 0.1) is 13.7 Å². The van der Waals surface area contributed by atoms with Crippen LogP contribution in [0.15, 0.2) is 24.3 Å². The Labute approximate surface area is 113 Å². The van der Waals surface area contributed by atoms with E-state index in [4.69, 9.17) is 4.74 Å². The monoisotopic (exact) mass is 264 g/mol. The van der Waals surface area contributed by atoms with Crippen LogP contribution in [0.25, 0.3) is 0 Å². The molecular weight excluding hydrogens is 244 g/mol. The van der Waals surface area contributed by atoms with Crippen molar-refractivity contribution in [3.63, 3.8) is 0 Å². The summed E-state index contributed by atoms with van der Waals surface area (Å²) >= 11 is 0. The third kappa shape index (κ3) is 5.42. The summed E-state index contributed by atoms with van der Waals surface area (Å²) in [5.41, 5.74) is 0.473. The van der Waals surface area contributed by atoms with Crippen molar-refractivity contribution in [2.45, 2.75) is 19.8 Å². The summed E-state index contributed by atoms with van der Waals surface area (Å²) in [4.78, 5) is 23.2. The molecule has 5 nitrogen and oxygen atoms in total. The molecule has 104 valence electrons. The zero-order valence-electron chi connectivity index (χ0n) is 11.4. The lowest BCUT2D eigenvalue weighted by molar-refractivity contribution is -0.120. The van der Waals surface area contributed by atoms with E-state index in [1.165, 1.54) is 7.11 Å². The highest BCUT2D eigenvalue weighted by molar-refractivity contribution is 5.96.